The van der Waals surface area contributed by atoms with Gasteiger partial charge >= 0.3 is 0 Å². The molecule has 0 bridgehead atoms. The summed E-state index contributed by atoms with van der Waals surface area (Å²) in [5, 5.41) is 0.851. The molecular formula is C19H13ClN2O2. The van der Waals surface area contributed by atoms with Crippen LogP contribution in [0.1, 0.15) is 5.56 Å². The van der Waals surface area contributed by atoms with Crippen molar-refractivity contribution in [2.24, 2.45) is 7.05 Å². The molecule has 2 amide bonds. The summed E-state index contributed by atoms with van der Waals surface area (Å²) in [6.45, 7) is 0. The molecule has 0 unspecified atom stereocenters. The number of para-hydroxylation sites is 2. The van der Waals surface area contributed by atoms with Gasteiger partial charge < -0.3 is 4.57 Å². The van der Waals surface area contributed by atoms with Crippen molar-refractivity contribution in [3.05, 3.63) is 71.4 Å². The van der Waals surface area contributed by atoms with Crippen LogP contribution in [0, 0.1) is 0 Å². The van der Waals surface area contributed by atoms with Gasteiger partial charge in [-0.05, 0) is 18.2 Å². The highest BCUT2D eigenvalue weighted by molar-refractivity contribution is 6.60. The number of aryl methyl sites for hydroxylation is 1. The molecule has 0 saturated heterocycles. The molecular weight excluding hydrogens is 324 g/mol. The summed E-state index contributed by atoms with van der Waals surface area (Å²) in [6, 6.07) is 16.5. The van der Waals surface area contributed by atoms with Crippen LogP contribution in [0.15, 0.2) is 65.8 Å². The monoisotopic (exact) mass is 336 g/mol. The Hall–Kier alpha value is -2.85. The van der Waals surface area contributed by atoms with Crippen molar-refractivity contribution >= 4 is 45.6 Å². The van der Waals surface area contributed by atoms with E-state index >= 15 is 0 Å². The fraction of sp³-hybridized carbons (Fsp3) is 0.0526. The number of hydrogen-bond donors (Lipinski definition) is 0. The van der Waals surface area contributed by atoms with Crippen molar-refractivity contribution in [1.29, 1.82) is 0 Å². The molecule has 0 radical (unpaired) electrons. The molecule has 4 nitrogen and oxygen atoms in total. The Morgan fingerprint density at radius 1 is 0.875 bits per heavy atom. The first-order valence-corrected chi connectivity index (χ1v) is 7.85. The number of hydrogen-bond acceptors (Lipinski definition) is 2. The Labute approximate surface area is 143 Å². The van der Waals surface area contributed by atoms with Crippen LogP contribution in [-0.2, 0) is 16.6 Å². The van der Waals surface area contributed by atoms with Crippen molar-refractivity contribution in [3.63, 3.8) is 0 Å². The van der Waals surface area contributed by atoms with Crippen molar-refractivity contribution in [3.8, 4) is 0 Å². The fourth-order valence-corrected chi connectivity index (χ4v) is 3.36. The number of carbonyl (C=O) groups excluding carboxylic acids is 2. The summed E-state index contributed by atoms with van der Waals surface area (Å²) < 4.78 is 1.92. The number of halogens is 1. The van der Waals surface area contributed by atoms with Crippen LogP contribution >= 0.6 is 11.6 Å². The molecule has 0 saturated carbocycles. The van der Waals surface area contributed by atoms with E-state index < -0.39 is 11.8 Å². The van der Waals surface area contributed by atoms with Crippen molar-refractivity contribution < 1.29 is 9.59 Å². The predicted molar refractivity (Wildman–Crippen MR) is 94.6 cm³/mol. The van der Waals surface area contributed by atoms with Crippen molar-refractivity contribution in [2.75, 3.05) is 4.90 Å². The largest absolute Gasteiger partial charge is 0.350 e. The zero-order valence-electron chi connectivity index (χ0n) is 12.9. The van der Waals surface area contributed by atoms with Crippen LogP contribution in [0.25, 0.3) is 16.5 Å². The second kappa shape index (κ2) is 5.35. The van der Waals surface area contributed by atoms with Crippen molar-refractivity contribution in [1.82, 2.24) is 4.57 Å². The molecule has 0 atom stereocenters. The number of carbonyl (C=O) groups is 2. The number of benzene rings is 2. The Balaban J connectivity index is 1.89. The first-order valence-electron chi connectivity index (χ1n) is 7.47. The van der Waals surface area contributed by atoms with E-state index in [1.165, 1.54) is 0 Å². The minimum absolute atomic E-state index is 0.0415. The van der Waals surface area contributed by atoms with Gasteiger partial charge in [-0.15, -0.1) is 0 Å². The summed E-state index contributed by atoms with van der Waals surface area (Å²) in [5.74, 6) is -0.886. The lowest BCUT2D eigenvalue weighted by atomic mass is 10.1. The van der Waals surface area contributed by atoms with E-state index in [9.17, 15) is 9.59 Å². The topological polar surface area (TPSA) is 42.3 Å². The maximum atomic E-state index is 12.9. The molecule has 0 aliphatic carbocycles. The molecule has 1 aliphatic heterocycles. The minimum Gasteiger partial charge on any atom is -0.350 e. The van der Waals surface area contributed by atoms with Gasteiger partial charge in [0.25, 0.3) is 11.8 Å². The van der Waals surface area contributed by atoms with E-state index in [4.69, 9.17) is 11.6 Å². The normalized spacial score (nSPS) is 15.0. The highest BCUT2D eigenvalue weighted by Gasteiger charge is 2.40. The summed E-state index contributed by atoms with van der Waals surface area (Å²) in [4.78, 5) is 26.6. The Morgan fingerprint density at radius 3 is 2.29 bits per heavy atom. The standard InChI is InChI=1S/C19H13ClN2O2/c1-21-11-14(13-9-5-6-10-15(13)21)16-17(20)19(24)22(18(16)23)12-7-3-2-4-8-12/h2-11H,1H3. The van der Waals surface area contributed by atoms with Gasteiger partial charge in [0.2, 0.25) is 0 Å². The lowest BCUT2D eigenvalue weighted by Gasteiger charge is -2.14. The minimum atomic E-state index is -0.490. The van der Waals surface area contributed by atoms with E-state index in [0.717, 1.165) is 15.8 Å². The lowest BCUT2D eigenvalue weighted by molar-refractivity contribution is -0.119. The summed E-state index contributed by atoms with van der Waals surface area (Å²) in [7, 11) is 1.90. The zero-order valence-corrected chi connectivity index (χ0v) is 13.6. The van der Waals surface area contributed by atoms with Gasteiger partial charge in [-0.3, -0.25) is 9.59 Å². The van der Waals surface area contributed by atoms with Crippen LogP contribution in [0.5, 0.6) is 0 Å². The van der Waals surface area contributed by atoms with Gasteiger partial charge in [0.1, 0.15) is 5.03 Å². The van der Waals surface area contributed by atoms with Crippen LogP contribution in [0.3, 0.4) is 0 Å². The average Bonchev–Trinajstić information content (AvgIpc) is 3.03. The van der Waals surface area contributed by atoms with Crippen molar-refractivity contribution in [2.45, 2.75) is 0 Å². The van der Waals surface area contributed by atoms with Crippen LogP contribution in [0.2, 0.25) is 0 Å². The lowest BCUT2D eigenvalue weighted by Crippen LogP contribution is -2.31. The zero-order chi connectivity index (χ0) is 16.8. The number of fused-ring (bicyclic) bond motifs is 1. The van der Waals surface area contributed by atoms with Crippen LogP contribution in [0.4, 0.5) is 5.69 Å². The second-order valence-corrected chi connectivity index (χ2v) is 6.02. The summed E-state index contributed by atoms with van der Waals surface area (Å²) >= 11 is 6.27. The van der Waals surface area contributed by atoms with Gasteiger partial charge in [-0.1, -0.05) is 48.0 Å². The Morgan fingerprint density at radius 2 is 1.54 bits per heavy atom. The third-order valence-corrected chi connectivity index (χ3v) is 4.56. The average molecular weight is 337 g/mol. The Kier molecular flexibility index (Phi) is 3.28. The SMILES string of the molecule is Cn1cc(C2=C(Cl)C(=O)N(c3ccccc3)C2=O)c2ccccc21. The molecule has 4 rings (SSSR count). The molecule has 2 aromatic carbocycles. The van der Waals surface area contributed by atoms with E-state index in [-0.39, 0.29) is 10.6 Å². The molecule has 1 aliphatic rings. The molecule has 0 spiro atoms. The second-order valence-electron chi connectivity index (χ2n) is 5.64. The molecule has 118 valence electrons. The number of amides is 2. The molecule has 1 aromatic heterocycles. The van der Waals surface area contributed by atoms with E-state index in [1.54, 1.807) is 24.3 Å². The number of imide groups is 1. The van der Waals surface area contributed by atoms with Gasteiger partial charge in [0.05, 0.1) is 11.3 Å². The smallest absolute Gasteiger partial charge is 0.277 e. The number of aromatic nitrogens is 1. The fourth-order valence-electron chi connectivity index (χ4n) is 3.09. The molecule has 5 heteroatoms. The maximum absolute atomic E-state index is 12.9. The first-order chi connectivity index (χ1) is 11.6. The number of nitrogens with zero attached hydrogens (tertiary/aromatic N) is 2. The van der Waals surface area contributed by atoms with Crippen LogP contribution < -0.4 is 4.90 Å². The quantitative estimate of drug-likeness (QED) is 0.670. The number of rotatable bonds is 2. The third-order valence-electron chi connectivity index (χ3n) is 4.21. The molecule has 2 heterocycles. The summed E-state index contributed by atoms with van der Waals surface area (Å²) in [5.41, 5.74) is 2.42. The first kappa shape index (κ1) is 14.7. The predicted octanol–water partition coefficient (Wildman–Crippen LogP) is 3.70. The molecule has 3 aromatic rings. The maximum Gasteiger partial charge on any atom is 0.277 e. The highest BCUT2D eigenvalue weighted by Crippen LogP contribution is 2.38. The third kappa shape index (κ3) is 2.00. The van der Waals surface area contributed by atoms with Gasteiger partial charge in [-0.2, -0.15) is 0 Å². The summed E-state index contributed by atoms with van der Waals surface area (Å²) in [6.07, 6.45) is 1.84. The molecule has 0 N–H and O–H groups in total. The van der Waals surface area contributed by atoms with Gasteiger partial charge in [0, 0.05) is 29.7 Å². The van der Waals surface area contributed by atoms with Gasteiger partial charge in [-0.25, -0.2) is 4.90 Å². The highest BCUT2D eigenvalue weighted by atomic mass is 35.5. The number of anilines is 1. The van der Waals surface area contributed by atoms with E-state index in [2.05, 4.69) is 0 Å². The molecule has 0 fully saturated rings. The van der Waals surface area contributed by atoms with Gasteiger partial charge in [0.15, 0.2) is 0 Å². The molecule has 24 heavy (non-hydrogen) atoms. The van der Waals surface area contributed by atoms with E-state index in [1.807, 2.05) is 48.1 Å². The van der Waals surface area contributed by atoms with E-state index in [0.29, 0.717) is 11.3 Å². The Bertz CT molecular complexity index is 1020. The van der Waals surface area contributed by atoms with Crippen LogP contribution in [-0.4, -0.2) is 16.4 Å².